The number of imidazole rings is 1. The second-order valence-corrected chi connectivity index (χ2v) is 9.26. The number of hydrogen-bond donors (Lipinski definition) is 3. The number of aromatic amines is 1. The van der Waals surface area contributed by atoms with Gasteiger partial charge in [0.1, 0.15) is 18.2 Å². The zero-order valence-corrected chi connectivity index (χ0v) is 19.2. The molecule has 1 aromatic heterocycles. The van der Waals surface area contributed by atoms with E-state index in [9.17, 15) is 5.11 Å². The summed E-state index contributed by atoms with van der Waals surface area (Å²) < 4.78 is 5.85. The Kier molecular flexibility index (Phi) is 6.86. The van der Waals surface area contributed by atoms with Crippen LogP contribution in [0.3, 0.4) is 0 Å². The van der Waals surface area contributed by atoms with Crippen molar-refractivity contribution in [1.29, 1.82) is 0 Å². The lowest BCUT2D eigenvalue weighted by Gasteiger charge is -2.18. The highest BCUT2D eigenvalue weighted by molar-refractivity contribution is 7.99. The molecule has 164 valence electrons. The molecule has 0 aliphatic rings. The van der Waals surface area contributed by atoms with Crippen molar-refractivity contribution in [2.24, 2.45) is 5.73 Å². The molecule has 3 aromatic carbocycles. The highest BCUT2D eigenvalue weighted by Crippen LogP contribution is 2.35. The maximum Gasteiger partial charge on any atom is 0.128 e. The van der Waals surface area contributed by atoms with Gasteiger partial charge in [0.15, 0.2) is 0 Å². The lowest BCUT2D eigenvalue weighted by atomic mass is 10.1. The topological polar surface area (TPSA) is 84.2 Å². The minimum Gasteiger partial charge on any atom is -0.489 e. The van der Waals surface area contributed by atoms with Gasteiger partial charge in [0.25, 0.3) is 0 Å². The fourth-order valence-electron chi connectivity index (χ4n) is 3.08. The molecule has 0 aliphatic carbocycles. The Morgan fingerprint density at radius 2 is 1.78 bits per heavy atom. The Hall–Kier alpha value is -2.77. The normalized spacial score (nSPS) is 13.0. The Morgan fingerprint density at radius 3 is 2.47 bits per heavy atom. The first kappa shape index (κ1) is 22.4. The Labute approximate surface area is 196 Å². The van der Waals surface area contributed by atoms with Crippen LogP contribution in [0.15, 0.2) is 88.8 Å². The van der Waals surface area contributed by atoms with Crippen LogP contribution in [-0.2, 0) is 12.1 Å². The van der Waals surface area contributed by atoms with Crippen LogP contribution in [0.1, 0.15) is 18.3 Å². The van der Waals surface area contributed by atoms with E-state index in [1.54, 1.807) is 24.9 Å². The number of H-pyrrole nitrogens is 1. The van der Waals surface area contributed by atoms with Crippen LogP contribution in [0, 0.1) is 0 Å². The predicted octanol–water partition coefficient (Wildman–Crippen LogP) is 5.63. The average Bonchev–Trinajstić information content (AvgIpc) is 3.30. The summed E-state index contributed by atoms with van der Waals surface area (Å²) in [6.45, 7) is 2.05. The van der Waals surface area contributed by atoms with Gasteiger partial charge in [-0.1, -0.05) is 59.8 Å². The van der Waals surface area contributed by atoms with Gasteiger partial charge in [0.05, 0.1) is 29.1 Å². The number of ether oxygens (including phenoxy) is 1. The smallest absolute Gasteiger partial charge is 0.128 e. The summed E-state index contributed by atoms with van der Waals surface area (Å²) in [5.41, 5.74) is 7.83. The highest BCUT2D eigenvalue weighted by atomic mass is 35.5. The first-order valence-corrected chi connectivity index (χ1v) is 11.3. The second-order valence-electron chi connectivity index (χ2n) is 7.71. The number of nitrogens with zero attached hydrogens (tertiary/aromatic N) is 1. The van der Waals surface area contributed by atoms with Gasteiger partial charge in [0, 0.05) is 15.4 Å². The summed E-state index contributed by atoms with van der Waals surface area (Å²) in [4.78, 5) is 9.57. The standard InChI is InChI=1S/C25H24ClN3O2S/c1-25(27,16-30)24-28-14-23(29-24)21-12-11-20(13-22(21)26)32-19-9-7-18(8-10-19)31-15-17-5-3-2-4-6-17/h2-14,30H,15-16,27H2,1H3,(H,28,29). The van der Waals surface area contributed by atoms with Gasteiger partial charge in [0.2, 0.25) is 0 Å². The number of aliphatic hydroxyl groups excluding tert-OH is 1. The third kappa shape index (κ3) is 5.34. The van der Waals surface area contributed by atoms with Gasteiger partial charge in [-0.2, -0.15) is 0 Å². The zero-order chi connectivity index (χ0) is 22.6. The maximum absolute atomic E-state index is 9.44. The molecule has 4 rings (SSSR count). The predicted molar refractivity (Wildman–Crippen MR) is 129 cm³/mol. The highest BCUT2D eigenvalue weighted by Gasteiger charge is 2.24. The van der Waals surface area contributed by atoms with E-state index >= 15 is 0 Å². The molecule has 0 aliphatic heterocycles. The molecular formula is C25H24ClN3O2S. The number of aromatic nitrogens is 2. The number of aliphatic hydroxyl groups is 1. The summed E-state index contributed by atoms with van der Waals surface area (Å²) in [6, 6.07) is 24.0. The van der Waals surface area contributed by atoms with Crippen molar-refractivity contribution >= 4 is 23.4 Å². The van der Waals surface area contributed by atoms with Crippen molar-refractivity contribution in [2.75, 3.05) is 6.61 Å². The molecule has 1 heterocycles. The van der Waals surface area contributed by atoms with Crippen molar-refractivity contribution < 1.29 is 9.84 Å². The van der Waals surface area contributed by atoms with Crippen LogP contribution in [0.5, 0.6) is 5.75 Å². The molecule has 5 nitrogen and oxygen atoms in total. The van der Waals surface area contributed by atoms with Crippen LogP contribution >= 0.6 is 23.4 Å². The molecular weight excluding hydrogens is 442 g/mol. The third-order valence-electron chi connectivity index (χ3n) is 4.98. The van der Waals surface area contributed by atoms with E-state index in [4.69, 9.17) is 22.1 Å². The van der Waals surface area contributed by atoms with Crippen molar-refractivity contribution in [2.45, 2.75) is 28.9 Å². The number of nitrogens with two attached hydrogens (primary N) is 1. The summed E-state index contributed by atoms with van der Waals surface area (Å²) in [6.07, 6.45) is 1.68. The lowest BCUT2D eigenvalue weighted by molar-refractivity contribution is 0.204. The van der Waals surface area contributed by atoms with E-state index in [2.05, 4.69) is 9.97 Å². The maximum atomic E-state index is 9.44. The molecule has 0 amide bonds. The van der Waals surface area contributed by atoms with E-state index in [-0.39, 0.29) is 6.61 Å². The van der Waals surface area contributed by atoms with Gasteiger partial charge in [-0.05, 0) is 48.9 Å². The fraction of sp³-hybridized carbons (Fsp3) is 0.160. The van der Waals surface area contributed by atoms with Crippen LogP contribution in [0.4, 0.5) is 0 Å². The molecule has 0 saturated heterocycles. The molecule has 0 spiro atoms. The fourth-order valence-corrected chi connectivity index (χ4v) is 4.29. The molecule has 0 bridgehead atoms. The Morgan fingerprint density at radius 1 is 1.06 bits per heavy atom. The van der Waals surface area contributed by atoms with E-state index in [0.717, 1.165) is 32.4 Å². The number of benzene rings is 3. The SMILES string of the molecule is CC(N)(CO)c1ncc(-c2ccc(Sc3ccc(OCc4ccccc4)cc3)cc2Cl)[nH]1. The quantitative estimate of drug-likeness (QED) is 0.314. The van der Waals surface area contributed by atoms with Crippen LogP contribution in [0.25, 0.3) is 11.3 Å². The minimum atomic E-state index is -0.933. The molecule has 0 fully saturated rings. The van der Waals surface area contributed by atoms with E-state index in [1.165, 1.54) is 0 Å². The molecule has 4 N–H and O–H groups in total. The number of rotatable bonds is 8. The molecule has 32 heavy (non-hydrogen) atoms. The minimum absolute atomic E-state index is 0.209. The van der Waals surface area contributed by atoms with E-state index < -0.39 is 5.54 Å². The third-order valence-corrected chi connectivity index (χ3v) is 6.29. The van der Waals surface area contributed by atoms with E-state index in [1.807, 2.05) is 72.8 Å². The van der Waals surface area contributed by atoms with Crippen molar-refractivity contribution in [3.63, 3.8) is 0 Å². The van der Waals surface area contributed by atoms with Crippen LogP contribution in [-0.4, -0.2) is 21.7 Å². The summed E-state index contributed by atoms with van der Waals surface area (Å²) in [7, 11) is 0. The van der Waals surface area contributed by atoms with Crippen molar-refractivity contribution in [3.05, 3.63) is 95.4 Å². The number of halogens is 1. The largest absolute Gasteiger partial charge is 0.489 e. The molecule has 7 heteroatoms. The zero-order valence-electron chi connectivity index (χ0n) is 17.6. The first-order chi connectivity index (χ1) is 15.4. The molecule has 0 saturated carbocycles. The first-order valence-electron chi connectivity index (χ1n) is 10.1. The van der Waals surface area contributed by atoms with Crippen molar-refractivity contribution in [3.8, 4) is 17.0 Å². The number of hydrogen-bond acceptors (Lipinski definition) is 5. The van der Waals surface area contributed by atoms with Gasteiger partial charge in [-0.25, -0.2) is 4.98 Å². The van der Waals surface area contributed by atoms with Gasteiger partial charge >= 0.3 is 0 Å². The van der Waals surface area contributed by atoms with Gasteiger partial charge in [-0.15, -0.1) is 0 Å². The Balaban J connectivity index is 1.41. The molecule has 1 unspecified atom stereocenters. The lowest BCUT2D eigenvalue weighted by Crippen LogP contribution is -2.38. The van der Waals surface area contributed by atoms with E-state index in [0.29, 0.717) is 17.5 Å². The molecule has 1 atom stereocenters. The number of nitrogens with one attached hydrogen (secondary N) is 1. The van der Waals surface area contributed by atoms with Crippen LogP contribution < -0.4 is 10.5 Å². The summed E-state index contributed by atoms with van der Waals surface area (Å²) in [5, 5.41) is 10.0. The Bertz CT molecular complexity index is 1180. The van der Waals surface area contributed by atoms with Crippen LogP contribution in [0.2, 0.25) is 5.02 Å². The average molecular weight is 466 g/mol. The van der Waals surface area contributed by atoms with Crippen molar-refractivity contribution in [1.82, 2.24) is 9.97 Å². The molecule has 4 aromatic rings. The monoisotopic (exact) mass is 465 g/mol. The second kappa shape index (κ2) is 9.79. The summed E-state index contributed by atoms with van der Waals surface area (Å²) in [5.74, 6) is 1.34. The summed E-state index contributed by atoms with van der Waals surface area (Å²) >= 11 is 8.17. The van der Waals surface area contributed by atoms with Gasteiger partial charge in [-0.3, -0.25) is 0 Å². The molecule has 0 radical (unpaired) electrons. The van der Waals surface area contributed by atoms with Gasteiger partial charge < -0.3 is 20.6 Å².